The lowest BCUT2D eigenvalue weighted by Crippen LogP contribution is -2.43. The highest BCUT2D eigenvalue weighted by molar-refractivity contribution is 7.39. The summed E-state index contributed by atoms with van der Waals surface area (Å²) in [5.74, 6) is 3.98. The summed E-state index contributed by atoms with van der Waals surface area (Å²) in [4.78, 5) is 18.4. The standard InChI is InChI=1S/C31H38B2FN5OP2/c1-3-20-14-29(15-20,16-27-36-35-19-37(27)2)22-5-4-6-23(13-22)39-18-25-24(28(39)40)11-21(12-26(25)31(32,33)34)17-38-9-7-30(41,42)8-10-38/h1,4-6,11-13,19-20H,7-10,14-18,32-33,41-42H2,2H3. The third kappa shape index (κ3) is 5.59. The van der Waals surface area contributed by atoms with Gasteiger partial charge in [0.05, 0.1) is 12.0 Å². The SMILES string of the molecule is BC(B)(F)c1cc(CN2CCC(P)(P)CC2)cc2c1CN(c1cccc(C3(Cc4nncn4C)CC(C#C)C3)c1)C2=O. The van der Waals surface area contributed by atoms with Crippen LogP contribution in [0.5, 0.6) is 0 Å². The van der Waals surface area contributed by atoms with E-state index in [1.807, 2.05) is 35.9 Å². The molecule has 216 valence electrons. The van der Waals surface area contributed by atoms with Gasteiger partial charge in [0, 0.05) is 47.5 Å². The number of rotatable bonds is 7. The summed E-state index contributed by atoms with van der Waals surface area (Å²) < 4.78 is 17.6. The maximum absolute atomic E-state index is 15.7. The molecular formula is C31H38B2FN5OP2. The van der Waals surface area contributed by atoms with E-state index in [2.05, 4.69) is 51.6 Å². The second kappa shape index (κ2) is 10.9. The molecule has 0 bridgehead atoms. The van der Waals surface area contributed by atoms with Gasteiger partial charge >= 0.3 is 0 Å². The fraction of sp³-hybridized carbons (Fsp3) is 0.452. The molecule has 3 aromatic rings. The van der Waals surface area contributed by atoms with Crippen molar-refractivity contribution < 1.29 is 9.18 Å². The van der Waals surface area contributed by atoms with Crippen molar-refractivity contribution in [1.29, 1.82) is 0 Å². The fourth-order valence-corrected chi connectivity index (χ4v) is 7.46. The molecule has 42 heavy (non-hydrogen) atoms. The molecule has 1 aromatic heterocycles. The first-order valence-electron chi connectivity index (χ1n) is 14.7. The Labute approximate surface area is 254 Å². The molecular weight excluding hydrogens is 561 g/mol. The van der Waals surface area contributed by atoms with E-state index in [0.29, 0.717) is 24.2 Å². The molecule has 0 radical (unpaired) electrons. The van der Waals surface area contributed by atoms with Crippen LogP contribution in [-0.2, 0) is 37.4 Å². The van der Waals surface area contributed by atoms with Crippen LogP contribution >= 0.6 is 18.5 Å². The predicted octanol–water partition coefficient (Wildman–Crippen LogP) is 2.89. The molecule has 0 spiro atoms. The van der Waals surface area contributed by atoms with Crippen molar-refractivity contribution >= 4 is 45.8 Å². The molecule has 1 aliphatic carbocycles. The highest BCUT2D eigenvalue weighted by atomic mass is 31.1. The largest absolute Gasteiger partial charge is 0.321 e. The van der Waals surface area contributed by atoms with E-state index < -0.39 is 5.47 Å². The van der Waals surface area contributed by atoms with E-state index in [4.69, 9.17) is 6.42 Å². The quantitative estimate of drug-likeness (QED) is 0.238. The summed E-state index contributed by atoms with van der Waals surface area (Å²) in [6, 6.07) is 12.2. The minimum absolute atomic E-state index is 0.0699. The Balaban J connectivity index is 1.30. The van der Waals surface area contributed by atoms with Crippen molar-refractivity contribution in [2.75, 3.05) is 18.0 Å². The lowest BCUT2D eigenvalue weighted by Gasteiger charge is -2.46. The second-order valence-electron chi connectivity index (χ2n) is 13.2. The van der Waals surface area contributed by atoms with Gasteiger partial charge < -0.3 is 9.47 Å². The highest BCUT2D eigenvalue weighted by Crippen LogP contribution is 2.50. The van der Waals surface area contributed by atoms with E-state index in [9.17, 15) is 4.79 Å². The van der Waals surface area contributed by atoms with Gasteiger partial charge in [-0.1, -0.05) is 18.2 Å². The van der Waals surface area contributed by atoms with Gasteiger partial charge in [0.25, 0.3) is 5.91 Å². The molecule has 3 aliphatic rings. The molecule has 2 unspecified atom stereocenters. The van der Waals surface area contributed by atoms with Gasteiger partial charge in [0.15, 0.2) is 0 Å². The van der Waals surface area contributed by atoms with Crippen molar-refractivity contribution in [3.63, 3.8) is 0 Å². The molecule has 1 saturated heterocycles. The van der Waals surface area contributed by atoms with Crippen molar-refractivity contribution in [1.82, 2.24) is 19.7 Å². The molecule has 2 atom stereocenters. The third-order valence-corrected chi connectivity index (χ3v) is 10.7. The summed E-state index contributed by atoms with van der Waals surface area (Å²) in [5.41, 5.74) is 3.26. The number of aromatic nitrogens is 3. The number of terminal acetylenes is 1. The van der Waals surface area contributed by atoms with E-state index >= 15 is 4.39 Å². The number of benzene rings is 2. The molecule has 6 rings (SSSR count). The number of fused-ring (bicyclic) bond motifs is 1. The zero-order valence-electron chi connectivity index (χ0n) is 24.7. The van der Waals surface area contributed by atoms with E-state index in [1.54, 1.807) is 26.9 Å². The third-order valence-electron chi connectivity index (χ3n) is 9.52. The summed E-state index contributed by atoms with van der Waals surface area (Å²) in [5, 5.41) is 8.42. The Morgan fingerprint density at radius 3 is 2.57 bits per heavy atom. The van der Waals surface area contributed by atoms with Gasteiger partial charge in [0.2, 0.25) is 0 Å². The summed E-state index contributed by atoms with van der Waals surface area (Å²) in [6.45, 7) is 3.02. The average molecular weight is 599 g/mol. The number of alkyl halides is 1. The van der Waals surface area contributed by atoms with Crippen LogP contribution < -0.4 is 4.90 Å². The van der Waals surface area contributed by atoms with Gasteiger partial charge in [-0.2, -0.15) is 0 Å². The van der Waals surface area contributed by atoms with Crippen molar-refractivity contribution in [2.24, 2.45) is 13.0 Å². The number of amides is 1. The Kier molecular flexibility index (Phi) is 7.66. The lowest BCUT2D eigenvalue weighted by atomic mass is 9.57. The van der Waals surface area contributed by atoms with Crippen LogP contribution in [-0.4, -0.2) is 59.3 Å². The number of anilines is 1. The monoisotopic (exact) mass is 599 g/mol. The number of carbonyl (C=O) groups is 1. The number of nitrogens with zero attached hydrogens (tertiary/aromatic N) is 5. The summed E-state index contributed by atoms with van der Waals surface area (Å²) >= 11 is 0. The van der Waals surface area contributed by atoms with Crippen LogP contribution in [0.4, 0.5) is 10.1 Å². The van der Waals surface area contributed by atoms with E-state index in [-0.39, 0.29) is 22.1 Å². The molecule has 2 aromatic carbocycles. The van der Waals surface area contributed by atoms with E-state index in [1.165, 1.54) is 0 Å². The average Bonchev–Trinajstić information content (AvgIpc) is 3.48. The number of carbonyl (C=O) groups excluding carboxylic acids is 1. The number of aryl methyl sites for hydroxylation is 1. The Hall–Kier alpha value is -2.51. The van der Waals surface area contributed by atoms with Crippen molar-refractivity contribution in [2.45, 2.75) is 61.0 Å². The number of hydrogen-bond acceptors (Lipinski definition) is 4. The topological polar surface area (TPSA) is 54.3 Å². The van der Waals surface area contributed by atoms with Crippen LogP contribution in [0.25, 0.3) is 0 Å². The van der Waals surface area contributed by atoms with Crippen LogP contribution in [0.15, 0.2) is 42.7 Å². The summed E-state index contributed by atoms with van der Waals surface area (Å²) in [7, 11) is 11.0. The van der Waals surface area contributed by atoms with Crippen LogP contribution in [0, 0.1) is 18.3 Å². The molecule has 6 nitrogen and oxygen atoms in total. The van der Waals surface area contributed by atoms with Gasteiger partial charge in [-0.3, -0.25) is 14.1 Å². The number of piperidine rings is 1. The number of likely N-dealkylation sites (tertiary alicyclic amines) is 1. The van der Waals surface area contributed by atoms with Crippen LogP contribution in [0.1, 0.15) is 64.1 Å². The zero-order valence-corrected chi connectivity index (χ0v) is 27.0. The van der Waals surface area contributed by atoms with Crippen LogP contribution in [0.3, 0.4) is 0 Å². The molecule has 11 heteroatoms. The first kappa shape index (κ1) is 29.6. The molecule has 3 heterocycles. The lowest BCUT2D eigenvalue weighted by molar-refractivity contribution is 0.0996. The molecule has 1 saturated carbocycles. The minimum atomic E-state index is -1.56. The van der Waals surface area contributed by atoms with E-state index in [0.717, 1.165) is 73.4 Å². The Bertz CT molecular complexity index is 1560. The van der Waals surface area contributed by atoms with Gasteiger partial charge in [-0.15, -0.1) is 41.0 Å². The molecule has 1 amide bonds. The second-order valence-corrected chi connectivity index (χ2v) is 16.1. The van der Waals surface area contributed by atoms with Gasteiger partial charge in [0.1, 0.15) is 27.8 Å². The maximum atomic E-state index is 15.7. The van der Waals surface area contributed by atoms with Crippen LogP contribution in [0.2, 0.25) is 0 Å². The first-order valence-corrected chi connectivity index (χ1v) is 15.9. The Morgan fingerprint density at radius 2 is 1.93 bits per heavy atom. The smallest absolute Gasteiger partial charge is 0.258 e. The number of halogens is 1. The normalized spacial score (nSPS) is 23.8. The maximum Gasteiger partial charge on any atom is 0.258 e. The first-order chi connectivity index (χ1) is 19.9. The van der Waals surface area contributed by atoms with Crippen molar-refractivity contribution in [3.05, 3.63) is 76.4 Å². The predicted molar refractivity (Wildman–Crippen MR) is 178 cm³/mol. The van der Waals surface area contributed by atoms with Crippen molar-refractivity contribution in [3.8, 4) is 12.3 Å². The molecule has 2 aliphatic heterocycles. The Morgan fingerprint density at radius 1 is 1.19 bits per heavy atom. The summed E-state index contributed by atoms with van der Waals surface area (Å²) in [6.07, 6.45) is 12.1. The van der Waals surface area contributed by atoms with Gasteiger partial charge in [-0.05, 0) is 79.2 Å². The zero-order chi connectivity index (χ0) is 29.9. The number of hydrogen-bond donors (Lipinski definition) is 0. The minimum Gasteiger partial charge on any atom is -0.321 e. The molecule has 2 fully saturated rings. The fourth-order valence-electron chi connectivity index (χ4n) is 6.94. The highest BCUT2D eigenvalue weighted by Gasteiger charge is 2.46. The van der Waals surface area contributed by atoms with Gasteiger partial charge in [-0.25, -0.2) is 0 Å². The molecule has 0 N–H and O–H groups in total.